The molecule has 0 aliphatic carbocycles. The van der Waals surface area contributed by atoms with Gasteiger partial charge in [-0.25, -0.2) is 0 Å². The van der Waals surface area contributed by atoms with Crippen molar-refractivity contribution in [2.75, 3.05) is 0 Å². The first-order chi connectivity index (χ1) is 4.76. The van der Waals surface area contributed by atoms with Crippen LogP contribution in [-0.4, -0.2) is 24.9 Å². The molecule has 0 bridgehead atoms. The molecule has 0 fully saturated rings. The molecule has 0 radical (unpaired) electrons. The number of hydrogen-bond acceptors (Lipinski definition) is 2. The Morgan fingerprint density at radius 3 is 1.64 bits per heavy atom. The normalized spacial score (nSPS) is 14.2. The zero-order valence-electron chi connectivity index (χ0n) is 7.34. The van der Waals surface area contributed by atoms with Gasteiger partial charge in [0, 0.05) is 0 Å². The van der Waals surface area contributed by atoms with Gasteiger partial charge >= 0.3 is 5.97 Å². The van der Waals surface area contributed by atoms with E-state index < -0.39 is 19.6 Å². The van der Waals surface area contributed by atoms with E-state index in [1.807, 2.05) is 19.6 Å². The van der Waals surface area contributed by atoms with Crippen LogP contribution >= 0.6 is 0 Å². The van der Waals surface area contributed by atoms with Gasteiger partial charge in [-0.15, -0.1) is 0 Å². The Bertz CT molecular complexity index is 167. The fourth-order valence-corrected chi connectivity index (χ4v) is 3.11. The number of carboxylic acids is 1. The minimum absolute atomic E-state index is 0.225. The molecule has 0 spiro atoms. The molecule has 0 rings (SSSR count). The lowest BCUT2D eigenvalue weighted by Gasteiger charge is -2.21. The van der Waals surface area contributed by atoms with Gasteiger partial charge in [0.1, 0.15) is 11.3 Å². The van der Waals surface area contributed by atoms with Crippen LogP contribution in [0.15, 0.2) is 0 Å². The van der Waals surface area contributed by atoms with E-state index in [-0.39, 0.29) is 5.78 Å². The second kappa shape index (κ2) is 3.17. The smallest absolute Gasteiger partial charge is 0.311 e. The van der Waals surface area contributed by atoms with Crippen LogP contribution < -0.4 is 0 Å². The number of hydrogen-bond donors (Lipinski definition) is 1. The van der Waals surface area contributed by atoms with Crippen LogP contribution in [0, 0.1) is 0 Å². The van der Waals surface area contributed by atoms with Gasteiger partial charge < -0.3 is 5.11 Å². The van der Waals surface area contributed by atoms with Crippen LogP contribution in [0.2, 0.25) is 25.2 Å². The molecule has 0 aromatic heterocycles. The molecular weight excluding hydrogens is 160 g/mol. The summed E-state index contributed by atoms with van der Waals surface area (Å²) in [5.74, 6) is -1.20. The highest BCUT2D eigenvalue weighted by atomic mass is 28.3. The molecule has 0 saturated heterocycles. The maximum Gasteiger partial charge on any atom is 0.311 e. The quantitative estimate of drug-likeness (QED) is 0.519. The van der Waals surface area contributed by atoms with E-state index in [2.05, 4.69) is 0 Å². The third-order valence-electron chi connectivity index (χ3n) is 1.52. The van der Waals surface area contributed by atoms with Crippen LogP contribution in [0.3, 0.4) is 0 Å². The SMILES string of the molecule is CC(=O)C(C(=O)O)[Si](C)(C)C. The van der Waals surface area contributed by atoms with Crippen molar-refractivity contribution in [1.29, 1.82) is 0 Å². The summed E-state index contributed by atoms with van der Waals surface area (Å²) in [5.41, 5.74) is -0.748. The van der Waals surface area contributed by atoms with Crippen molar-refractivity contribution in [3.05, 3.63) is 0 Å². The van der Waals surface area contributed by atoms with Gasteiger partial charge in [0.25, 0.3) is 0 Å². The summed E-state index contributed by atoms with van der Waals surface area (Å²) >= 11 is 0. The predicted octanol–water partition coefficient (Wildman–Crippen LogP) is 1.37. The Morgan fingerprint density at radius 2 is 1.64 bits per heavy atom. The highest BCUT2D eigenvalue weighted by molar-refractivity contribution is 6.83. The highest BCUT2D eigenvalue weighted by Crippen LogP contribution is 2.22. The molecule has 4 heteroatoms. The van der Waals surface area contributed by atoms with Crippen LogP contribution in [0.1, 0.15) is 6.92 Å². The van der Waals surface area contributed by atoms with Gasteiger partial charge in [-0.05, 0) is 6.92 Å². The maximum absolute atomic E-state index is 10.9. The molecular formula is C7H14O3Si. The second-order valence-corrected chi connectivity index (χ2v) is 9.06. The first kappa shape index (κ1) is 10.4. The summed E-state index contributed by atoms with van der Waals surface area (Å²) in [6.07, 6.45) is 0. The third-order valence-corrected chi connectivity index (χ3v) is 3.91. The second-order valence-electron chi connectivity index (χ2n) is 3.75. The van der Waals surface area contributed by atoms with Crippen molar-refractivity contribution in [1.82, 2.24) is 0 Å². The number of carbonyl (C=O) groups is 2. The van der Waals surface area contributed by atoms with Gasteiger partial charge in [0.15, 0.2) is 0 Å². The standard InChI is InChI=1S/C7H14O3Si/c1-5(8)6(7(9)10)11(2,3)4/h6H,1-4H3,(H,9,10). The molecule has 0 aliphatic heterocycles. The average Bonchev–Trinajstić information content (AvgIpc) is 1.54. The molecule has 0 aromatic carbocycles. The molecule has 0 heterocycles. The molecule has 1 N–H and O–H groups in total. The van der Waals surface area contributed by atoms with Gasteiger partial charge in [-0.1, -0.05) is 19.6 Å². The fraction of sp³-hybridized carbons (Fsp3) is 0.714. The number of aliphatic carboxylic acids is 1. The number of rotatable bonds is 3. The van der Waals surface area contributed by atoms with E-state index in [9.17, 15) is 9.59 Å². The zero-order chi connectivity index (χ0) is 9.23. The van der Waals surface area contributed by atoms with Gasteiger partial charge in [0.05, 0.1) is 8.07 Å². The first-order valence-corrected chi connectivity index (χ1v) is 7.08. The summed E-state index contributed by atoms with van der Waals surface area (Å²) in [6.45, 7) is 6.99. The van der Waals surface area contributed by atoms with Gasteiger partial charge in [-0.3, -0.25) is 9.59 Å². The van der Waals surface area contributed by atoms with Crippen molar-refractivity contribution in [3.63, 3.8) is 0 Å². The summed E-state index contributed by atoms with van der Waals surface area (Å²) in [5, 5.41) is 8.69. The van der Waals surface area contributed by atoms with E-state index in [0.29, 0.717) is 0 Å². The lowest BCUT2D eigenvalue weighted by Crippen LogP contribution is -2.37. The molecule has 0 saturated carbocycles. The number of Topliss-reactive ketones (excluding diaryl/α,β-unsaturated/α-hetero) is 1. The van der Waals surface area contributed by atoms with Crippen LogP contribution in [0.5, 0.6) is 0 Å². The van der Waals surface area contributed by atoms with Crippen LogP contribution in [0.4, 0.5) is 0 Å². The van der Waals surface area contributed by atoms with E-state index in [0.717, 1.165) is 0 Å². The van der Waals surface area contributed by atoms with Gasteiger partial charge in [-0.2, -0.15) is 0 Å². The predicted molar refractivity (Wildman–Crippen MR) is 45.4 cm³/mol. The van der Waals surface area contributed by atoms with Crippen LogP contribution in [0.25, 0.3) is 0 Å². The lowest BCUT2D eigenvalue weighted by molar-refractivity contribution is -0.139. The minimum atomic E-state index is -1.86. The monoisotopic (exact) mass is 174 g/mol. The zero-order valence-corrected chi connectivity index (χ0v) is 8.34. The van der Waals surface area contributed by atoms with E-state index in [1.54, 1.807) is 0 Å². The lowest BCUT2D eigenvalue weighted by atomic mass is 10.3. The molecule has 11 heavy (non-hydrogen) atoms. The number of carbonyl (C=O) groups excluding carboxylic acids is 1. The molecule has 0 aliphatic rings. The van der Waals surface area contributed by atoms with Crippen LogP contribution in [-0.2, 0) is 9.59 Å². The Balaban J connectivity index is 4.63. The summed E-state index contributed by atoms with van der Waals surface area (Å²) in [6, 6.07) is 0. The average molecular weight is 174 g/mol. The molecule has 64 valence electrons. The molecule has 0 amide bonds. The van der Waals surface area contributed by atoms with E-state index >= 15 is 0 Å². The van der Waals surface area contributed by atoms with Crippen molar-refractivity contribution in [3.8, 4) is 0 Å². The number of ketones is 1. The Morgan fingerprint density at radius 1 is 1.27 bits per heavy atom. The topological polar surface area (TPSA) is 54.4 Å². The fourth-order valence-electron chi connectivity index (χ4n) is 1.15. The number of carboxylic acid groups (broad SMARTS) is 1. The van der Waals surface area contributed by atoms with Crippen molar-refractivity contribution < 1.29 is 14.7 Å². The Hall–Kier alpha value is -0.643. The molecule has 0 aromatic rings. The van der Waals surface area contributed by atoms with Crippen molar-refractivity contribution in [2.45, 2.75) is 32.1 Å². The minimum Gasteiger partial charge on any atom is -0.481 e. The van der Waals surface area contributed by atoms with E-state index in [1.165, 1.54) is 6.92 Å². The summed E-state index contributed by atoms with van der Waals surface area (Å²) in [7, 11) is -1.86. The Labute approximate surface area is 67.4 Å². The van der Waals surface area contributed by atoms with Crippen molar-refractivity contribution in [2.24, 2.45) is 0 Å². The Kier molecular flexibility index (Phi) is 2.98. The summed E-state index contributed by atoms with van der Waals surface area (Å²) < 4.78 is 0. The highest BCUT2D eigenvalue weighted by Gasteiger charge is 2.36. The summed E-state index contributed by atoms with van der Waals surface area (Å²) in [4.78, 5) is 21.5. The van der Waals surface area contributed by atoms with Crippen molar-refractivity contribution >= 4 is 19.8 Å². The molecule has 1 unspecified atom stereocenters. The van der Waals surface area contributed by atoms with Gasteiger partial charge in [0.2, 0.25) is 0 Å². The molecule has 1 atom stereocenters. The molecule has 3 nitrogen and oxygen atoms in total. The first-order valence-electron chi connectivity index (χ1n) is 3.50. The largest absolute Gasteiger partial charge is 0.481 e. The van der Waals surface area contributed by atoms with E-state index in [4.69, 9.17) is 5.11 Å². The third kappa shape index (κ3) is 2.84. The maximum atomic E-state index is 10.9.